The summed E-state index contributed by atoms with van der Waals surface area (Å²) < 4.78 is 5.07. The molecule has 1 heterocycles. The van der Waals surface area contributed by atoms with E-state index < -0.39 is 6.04 Å². The first-order chi connectivity index (χ1) is 15.6. The third-order valence-corrected chi connectivity index (χ3v) is 4.90. The highest BCUT2D eigenvalue weighted by Gasteiger charge is 2.20. The molecule has 32 heavy (non-hydrogen) atoms. The quantitative estimate of drug-likeness (QED) is 0.452. The number of nitrogens with one attached hydrogen (secondary N) is 2. The number of amides is 2. The standard InChI is InChI=1S/C25H22N4O3/c1-17-26-24(29-32-17)20-14-8-9-15-21(20)27-23(30)16-22(18-10-4-2-5-11-18)28-25(31)19-12-6-3-7-13-19/h2-15,22H,16H2,1H3,(H,27,30)(H,28,31). The summed E-state index contributed by atoms with van der Waals surface area (Å²) in [6.07, 6.45) is 0.0577. The van der Waals surface area contributed by atoms with Crippen LogP contribution in [0.4, 0.5) is 5.69 Å². The van der Waals surface area contributed by atoms with Crippen LogP contribution in [0.5, 0.6) is 0 Å². The van der Waals surface area contributed by atoms with Crippen LogP contribution >= 0.6 is 0 Å². The van der Waals surface area contributed by atoms with Crippen LogP contribution in [0.1, 0.15) is 34.3 Å². The predicted octanol–water partition coefficient (Wildman–Crippen LogP) is 4.54. The van der Waals surface area contributed by atoms with E-state index in [1.54, 1.807) is 37.3 Å². The number of benzene rings is 3. The smallest absolute Gasteiger partial charge is 0.251 e. The Kier molecular flexibility index (Phi) is 6.36. The normalized spacial score (nSPS) is 11.5. The highest BCUT2D eigenvalue weighted by molar-refractivity contribution is 5.97. The molecule has 0 fully saturated rings. The number of hydrogen-bond acceptors (Lipinski definition) is 5. The molecule has 0 aliphatic carbocycles. The summed E-state index contributed by atoms with van der Waals surface area (Å²) in [5.41, 5.74) is 2.60. The predicted molar refractivity (Wildman–Crippen MR) is 121 cm³/mol. The Morgan fingerprint density at radius 1 is 0.906 bits per heavy atom. The van der Waals surface area contributed by atoms with Gasteiger partial charge in [-0.15, -0.1) is 0 Å². The zero-order chi connectivity index (χ0) is 22.3. The SMILES string of the molecule is Cc1nc(-c2ccccc2NC(=O)CC(NC(=O)c2ccccc2)c2ccccc2)no1. The largest absolute Gasteiger partial charge is 0.345 e. The van der Waals surface area contributed by atoms with Crippen molar-refractivity contribution in [1.82, 2.24) is 15.5 Å². The van der Waals surface area contributed by atoms with E-state index in [1.165, 1.54) is 0 Å². The van der Waals surface area contributed by atoms with Crippen LogP contribution in [0.2, 0.25) is 0 Å². The van der Waals surface area contributed by atoms with Gasteiger partial charge in [0.05, 0.1) is 18.2 Å². The molecule has 0 bridgehead atoms. The van der Waals surface area contributed by atoms with Gasteiger partial charge in [-0.2, -0.15) is 4.98 Å². The lowest BCUT2D eigenvalue weighted by molar-refractivity contribution is -0.116. The van der Waals surface area contributed by atoms with Crippen molar-refractivity contribution in [2.45, 2.75) is 19.4 Å². The van der Waals surface area contributed by atoms with Gasteiger partial charge in [-0.3, -0.25) is 9.59 Å². The van der Waals surface area contributed by atoms with Crippen LogP contribution in [0.15, 0.2) is 89.5 Å². The van der Waals surface area contributed by atoms with Crippen molar-refractivity contribution in [3.63, 3.8) is 0 Å². The van der Waals surface area contributed by atoms with E-state index in [-0.39, 0.29) is 18.2 Å². The minimum absolute atomic E-state index is 0.0577. The molecular weight excluding hydrogens is 404 g/mol. The molecule has 1 unspecified atom stereocenters. The minimum Gasteiger partial charge on any atom is -0.345 e. The number of para-hydroxylation sites is 1. The van der Waals surface area contributed by atoms with E-state index in [0.717, 1.165) is 5.56 Å². The maximum atomic E-state index is 13.0. The average Bonchev–Trinajstić information content (AvgIpc) is 3.26. The average molecular weight is 426 g/mol. The Morgan fingerprint density at radius 2 is 1.56 bits per heavy atom. The lowest BCUT2D eigenvalue weighted by atomic mass is 10.0. The van der Waals surface area contributed by atoms with Crippen molar-refractivity contribution < 1.29 is 14.1 Å². The molecule has 0 saturated heterocycles. The van der Waals surface area contributed by atoms with Crippen LogP contribution in [0.3, 0.4) is 0 Å². The van der Waals surface area contributed by atoms with Gasteiger partial charge in [0.25, 0.3) is 5.91 Å². The molecule has 0 radical (unpaired) electrons. The number of aryl methyl sites for hydroxylation is 1. The Labute approximate surface area is 185 Å². The van der Waals surface area contributed by atoms with Crippen LogP contribution in [0.25, 0.3) is 11.4 Å². The summed E-state index contributed by atoms with van der Waals surface area (Å²) >= 11 is 0. The maximum absolute atomic E-state index is 13.0. The molecule has 0 aliphatic heterocycles. The van der Waals surface area contributed by atoms with Gasteiger partial charge >= 0.3 is 0 Å². The Hall–Kier alpha value is -4.26. The third kappa shape index (κ3) is 5.07. The van der Waals surface area contributed by atoms with Crippen LogP contribution < -0.4 is 10.6 Å². The van der Waals surface area contributed by atoms with E-state index in [4.69, 9.17) is 4.52 Å². The molecule has 3 aromatic carbocycles. The molecule has 1 atom stereocenters. The Morgan fingerprint density at radius 3 is 2.25 bits per heavy atom. The van der Waals surface area contributed by atoms with Crippen molar-refractivity contribution in [2.24, 2.45) is 0 Å². The van der Waals surface area contributed by atoms with Gasteiger partial charge in [-0.05, 0) is 29.8 Å². The molecule has 4 rings (SSSR count). The summed E-state index contributed by atoms with van der Waals surface area (Å²) in [6.45, 7) is 1.71. The van der Waals surface area contributed by atoms with E-state index in [1.807, 2.05) is 54.6 Å². The third-order valence-electron chi connectivity index (χ3n) is 4.90. The first-order valence-electron chi connectivity index (χ1n) is 10.2. The lowest BCUT2D eigenvalue weighted by Gasteiger charge is -2.19. The monoisotopic (exact) mass is 426 g/mol. The number of carbonyl (C=O) groups is 2. The van der Waals surface area contributed by atoms with Gasteiger partial charge in [-0.25, -0.2) is 0 Å². The zero-order valence-corrected chi connectivity index (χ0v) is 17.5. The van der Waals surface area contributed by atoms with Gasteiger partial charge in [0.15, 0.2) is 0 Å². The fourth-order valence-electron chi connectivity index (χ4n) is 3.35. The fraction of sp³-hybridized carbons (Fsp3) is 0.120. The number of nitrogens with zero attached hydrogens (tertiary/aromatic N) is 2. The molecule has 7 nitrogen and oxygen atoms in total. The van der Waals surface area contributed by atoms with Crippen LogP contribution in [0, 0.1) is 6.92 Å². The Balaban J connectivity index is 1.53. The van der Waals surface area contributed by atoms with E-state index in [2.05, 4.69) is 20.8 Å². The van der Waals surface area contributed by atoms with Crippen LogP contribution in [-0.4, -0.2) is 22.0 Å². The number of anilines is 1. The molecule has 7 heteroatoms. The van der Waals surface area contributed by atoms with Gasteiger partial charge in [0.1, 0.15) is 0 Å². The van der Waals surface area contributed by atoms with Crippen molar-refractivity contribution in [3.8, 4) is 11.4 Å². The second-order valence-electron chi connectivity index (χ2n) is 7.24. The van der Waals surface area contributed by atoms with Crippen molar-refractivity contribution in [2.75, 3.05) is 5.32 Å². The van der Waals surface area contributed by atoms with Gasteiger partial charge in [0.2, 0.25) is 17.6 Å². The molecule has 1 aromatic heterocycles. The van der Waals surface area contributed by atoms with Crippen molar-refractivity contribution in [3.05, 3.63) is 102 Å². The van der Waals surface area contributed by atoms with Gasteiger partial charge < -0.3 is 15.2 Å². The lowest BCUT2D eigenvalue weighted by Crippen LogP contribution is -2.31. The number of hydrogen-bond donors (Lipinski definition) is 2. The van der Waals surface area contributed by atoms with Gasteiger partial charge in [-0.1, -0.05) is 65.8 Å². The summed E-state index contributed by atoms with van der Waals surface area (Å²) in [6, 6.07) is 25.1. The zero-order valence-electron chi connectivity index (χ0n) is 17.5. The van der Waals surface area contributed by atoms with Gasteiger partial charge in [0, 0.05) is 18.1 Å². The molecule has 2 amide bonds. The molecule has 2 N–H and O–H groups in total. The van der Waals surface area contributed by atoms with E-state index in [9.17, 15) is 9.59 Å². The van der Waals surface area contributed by atoms with Crippen molar-refractivity contribution in [1.29, 1.82) is 0 Å². The highest BCUT2D eigenvalue weighted by atomic mass is 16.5. The molecule has 4 aromatic rings. The summed E-state index contributed by atoms with van der Waals surface area (Å²) in [7, 11) is 0. The second kappa shape index (κ2) is 9.70. The molecule has 160 valence electrons. The van der Waals surface area contributed by atoms with Crippen molar-refractivity contribution >= 4 is 17.5 Å². The maximum Gasteiger partial charge on any atom is 0.251 e. The molecule has 0 spiro atoms. The summed E-state index contributed by atoms with van der Waals surface area (Å²) in [5, 5.41) is 9.84. The first kappa shape index (κ1) is 21.0. The van der Waals surface area contributed by atoms with E-state index in [0.29, 0.717) is 28.5 Å². The summed E-state index contributed by atoms with van der Waals surface area (Å²) in [4.78, 5) is 30.0. The first-order valence-corrected chi connectivity index (χ1v) is 10.2. The number of carbonyl (C=O) groups excluding carboxylic acids is 2. The molecule has 0 aliphatic rings. The summed E-state index contributed by atoms with van der Waals surface area (Å²) in [5.74, 6) is 0.346. The number of rotatable bonds is 7. The minimum atomic E-state index is -0.497. The van der Waals surface area contributed by atoms with E-state index >= 15 is 0 Å². The fourth-order valence-corrected chi connectivity index (χ4v) is 3.35. The topological polar surface area (TPSA) is 97.1 Å². The number of aromatic nitrogens is 2. The molecule has 0 saturated carbocycles. The highest BCUT2D eigenvalue weighted by Crippen LogP contribution is 2.26. The second-order valence-corrected chi connectivity index (χ2v) is 7.24. The molecular formula is C25H22N4O3. The van der Waals surface area contributed by atoms with Crippen LogP contribution in [-0.2, 0) is 4.79 Å². The Bertz CT molecular complexity index is 1210.